The van der Waals surface area contributed by atoms with Gasteiger partial charge in [0.25, 0.3) is 5.91 Å². The monoisotopic (exact) mass is 504 g/mol. The van der Waals surface area contributed by atoms with Crippen molar-refractivity contribution in [2.75, 3.05) is 11.9 Å². The van der Waals surface area contributed by atoms with E-state index in [-0.39, 0.29) is 5.57 Å². The largest absolute Gasteiger partial charge is 0.490 e. The molecule has 6 heteroatoms. The van der Waals surface area contributed by atoms with Crippen molar-refractivity contribution < 1.29 is 14.3 Å². The molecular weight excluding hydrogens is 480 g/mol. The molecule has 0 atom stereocenters. The van der Waals surface area contributed by atoms with Crippen molar-refractivity contribution in [3.63, 3.8) is 0 Å². The van der Waals surface area contributed by atoms with Crippen molar-refractivity contribution in [2.45, 2.75) is 27.4 Å². The number of amides is 1. The zero-order chi connectivity index (χ0) is 23.8. The van der Waals surface area contributed by atoms with Gasteiger partial charge in [0.05, 0.1) is 11.1 Å². The van der Waals surface area contributed by atoms with Crippen LogP contribution in [0.3, 0.4) is 0 Å². The molecule has 1 amide bonds. The minimum Gasteiger partial charge on any atom is -0.490 e. The van der Waals surface area contributed by atoms with Gasteiger partial charge in [0.2, 0.25) is 0 Å². The molecule has 0 saturated carbocycles. The normalized spacial score (nSPS) is 10.9. The van der Waals surface area contributed by atoms with Crippen molar-refractivity contribution in [3.05, 3.63) is 93.0 Å². The Kier molecular flexibility index (Phi) is 8.28. The summed E-state index contributed by atoms with van der Waals surface area (Å²) in [6.07, 6.45) is 1.53. The molecule has 0 saturated heterocycles. The lowest BCUT2D eigenvalue weighted by Gasteiger charge is -2.15. The summed E-state index contributed by atoms with van der Waals surface area (Å²) in [5.41, 5.74) is 4.66. The quantitative estimate of drug-likeness (QED) is 0.277. The molecule has 0 aliphatic rings. The summed E-state index contributed by atoms with van der Waals surface area (Å²) in [6.45, 7) is 6.83. The Morgan fingerprint density at radius 1 is 1.06 bits per heavy atom. The minimum atomic E-state index is -0.479. The first kappa shape index (κ1) is 24.1. The molecule has 33 heavy (non-hydrogen) atoms. The molecule has 5 nitrogen and oxygen atoms in total. The minimum absolute atomic E-state index is 0.0166. The van der Waals surface area contributed by atoms with Gasteiger partial charge in [-0.2, -0.15) is 5.26 Å². The molecule has 168 valence electrons. The van der Waals surface area contributed by atoms with Crippen molar-refractivity contribution in [2.24, 2.45) is 0 Å². The molecule has 0 radical (unpaired) electrons. The van der Waals surface area contributed by atoms with Gasteiger partial charge in [0.15, 0.2) is 11.5 Å². The van der Waals surface area contributed by atoms with Crippen LogP contribution in [0.4, 0.5) is 5.69 Å². The molecular formula is C27H25BrN2O3. The fraction of sp³-hybridized carbons (Fsp3) is 0.185. The summed E-state index contributed by atoms with van der Waals surface area (Å²) < 4.78 is 12.6. The van der Waals surface area contributed by atoms with Crippen LogP contribution in [0.25, 0.3) is 6.08 Å². The van der Waals surface area contributed by atoms with Crippen LogP contribution in [0, 0.1) is 25.2 Å². The summed E-state index contributed by atoms with van der Waals surface area (Å²) in [5, 5.41) is 12.3. The van der Waals surface area contributed by atoms with Crippen LogP contribution in [-0.4, -0.2) is 12.5 Å². The van der Waals surface area contributed by atoms with Gasteiger partial charge in [-0.1, -0.05) is 47.5 Å². The van der Waals surface area contributed by atoms with Crippen LogP contribution in [0.2, 0.25) is 0 Å². The van der Waals surface area contributed by atoms with Crippen LogP contribution in [0.5, 0.6) is 11.5 Å². The van der Waals surface area contributed by atoms with E-state index in [0.29, 0.717) is 40.4 Å². The topological polar surface area (TPSA) is 71.3 Å². The highest BCUT2D eigenvalue weighted by atomic mass is 79.9. The number of para-hydroxylation sites is 1. The van der Waals surface area contributed by atoms with Gasteiger partial charge in [-0.3, -0.25) is 4.79 Å². The third-order valence-electron chi connectivity index (χ3n) is 4.70. The van der Waals surface area contributed by atoms with Crippen LogP contribution < -0.4 is 14.8 Å². The Balaban J connectivity index is 1.85. The first-order chi connectivity index (χ1) is 15.9. The van der Waals surface area contributed by atoms with Crippen molar-refractivity contribution in [1.82, 2.24) is 0 Å². The number of hydrogen-bond acceptors (Lipinski definition) is 4. The summed E-state index contributed by atoms with van der Waals surface area (Å²) in [7, 11) is 0. The number of hydrogen-bond donors (Lipinski definition) is 1. The lowest BCUT2D eigenvalue weighted by molar-refractivity contribution is -0.112. The SMILES string of the molecule is CCOc1cc(/C=C(\C#N)C(=O)Nc2ccccc2)cc(Br)c1OCc1cc(C)cc(C)c1. The van der Waals surface area contributed by atoms with E-state index >= 15 is 0 Å². The molecule has 3 rings (SSSR count). The highest BCUT2D eigenvalue weighted by Gasteiger charge is 2.15. The van der Waals surface area contributed by atoms with E-state index in [1.54, 1.807) is 24.3 Å². The third kappa shape index (κ3) is 6.71. The number of nitrogens with one attached hydrogen (secondary N) is 1. The first-order valence-corrected chi connectivity index (χ1v) is 11.3. The van der Waals surface area contributed by atoms with Gasteiger partial charge in [-0.25, -0.2) is 0 Å². The number of benzene rings is 3. The fourth-order valence-electron chi connectivity index (χ4n) is 3.42. The van der Waals surface area contributed by atoms with E-state index in [2.05, 4.69) is 53.3 Å². The van der Waals surface area contributed by atoms with E-state index < -0.39 is 5.91 Å². The average Bonchev–Trinajstić information content (AvgIpc) is 2.77. The molecule has 0 aliphatic heterocycles. The highest BCUT2D eigenvalue weighted by Crippen LogP contribution is 2.38. The Morgan fingerprint density at radius 2 is 1.76 bits per heavy atom. The van der Waals surface area contributed by atoms with Gasteiger partial charge in [0.1, 0.15) is 18.2 Å². The van der Waals surface area contributed by atoms with E-state index in [1.807, 2.05) is 31.2 Å². The van der Waals surface area contributed by atoms with E-state index in [1.165, 1.54) is 17.2 Å². The van der Waals surface area contributed by atoms with Crippen LogP contribution >= 0.6 is 15.9 Å². The van der Waals surface area contributed by atoms with E-state index in [4.69, 9.17) is 9.47 Å². The van der Waals surface area contributed by atoms with Crippen molar-refractivity contribution >= 4 is 33.6 Å². The Labute approximate surface area is 202 Å². The predicted molar refractivity (Wildman–Crippen MR) is 134 cm³/mol. The maximum absolute atomic E-state index is 12.6. The third-order valence-corrected chi connectivity index (χ3v) is 5.29. The van der Waals surface area contributed by atoms with Crippen LogP contribution in [0.1, 0.15) is 29.2 Å². The average molecular weight is 505 g/mol. The van der Waals surface area contributed by atoms with Gasteiger partial charge in [-0.15, -0.1) is 0 Å². The number of carbonyl (C=O) groups excluding carboxylic acids is 1. The molecule has 0 aliphatic carbocycles. The van der Waals surface area contributed by atoms with E-state index in [9.17, 15) is 10.1 Å². The molecule has 3 aromatic carbocycles. The lowest BCUT2D eigenvalue weighted by atomic mass is 10.1. The predicted octanol–water partition coefficient (Wildman–Crippen LogP) is 6.59. The number of nitrogens with zero attached hydrogens (tertiary/aromatic N) is 1. The fourth-order valence-corrected chi connectivity index (χ4v) is 3.99. The van der Waals surface area contributed by atoms with Gasteiger partial charge in [0, 0.05) is 5.69 Å². The van der Waals surface area contributed by atoms with Gasteiger partial charge >= 0.3 is 0 Å². The molecule has 0 aromatic heterocycles. The van der Waals surface area contributed by atoms with Crippen molar-refractivity contribution in [1.29, 1.82) is 5.26 Å². The second-order valence-corrected chi connectivity index (χ2v) is 8.39. The molecule has 3 aromatic rings. The Hall–Kier alpha value is -3.56. The maximum atomic E-state index is 12.6. The number of halogens is 1. The maximum Gasteiger partial charge on any atom is 0.266 e. The van der Waals surface area contributed by atoms with Crippen LogP contribution in [-0.2, 0) is 11.4 Å². The molecule has 1 N–H and O–H groups in total. The molecule has 0 bridgehead atoms. The second-order valence-electron chi connectivity index (χ2n) is 7.54. The molecule has 0 spiro atoms. The first-order valence-electron chi connectivity index (χ1n) is 10.5. The number of aryl methyl sites for hydroxylation is 2. The van der Waals surface area contributed by atoms with Gasteiger partial charge < -0.3 is 14.8 Å². The van der Waals surface area contributed by atoms with Gasteiger partial charge in [-0.05, 0) is 78.2 Å². The number of nitriles is 1. The van der Waals surface area contributed by atoms with Crippen molar-refractivity contribution in [3.8, 4) is 17.6 Å². The molecule has 0 heterocycles. The summed E-state index contributed by atoms with van der Waals surface area (Å²) in [4.78, 5) is 12.6. The Bertz CT molecular complexity index is 1190. The summed E-state index contributed by atoms with van der Waals surface area (Å²) in [5.74, 6) is 0.622. The second kappa shape index (κ2) is 11.3. The number of ether oxygens (including phenoxy) is 2. The molecule has 0 unspecified atom stereocenters. The Morgan fingerprint density at radius 3 is 2.39 bits per heavy atom. The lowest BCUT2D eigenvalue weighted by Crippen LogP contribution is -2.13. The summed E-state index contributed by atoms with van der Waals surface area (Å²) >= 11 is 3.56. The van der Waals surface area contributed by atoms with E-state index in [0.717, 1.165) is 5.56 Å². The number of rotatable bonds is 8. The summed E-state index contributed by atoms with van der Waals surface area (Å²) in [6, 6.07) is 20.8. The zero-order valence-corrected chi connectivity index (χ0v) is 20.4. The smallest absolute Gasteiger partial charge is 0.266 e. The molecule has 0 fully saturated rings. The number of carbonyl (C=O) groups is 1. The zero-order valence-electron chi connectivity index (χ0n) is 18.8. The van der Waals surface area contributed by atoms with Crippen LogP contribution in [0.15, 0.2) is 70.7 Å². The standard InChI is InChI=1S/C27H25BrN2O3/c1-4-32-25-15-20(13-22(16-29)27(31)30-23-8-6-5-7-9-23)14-24(28)26(25)33-17-21-11-18(2)10-19(3)12-21/h5-15H,4,17H2,1-3H3,(H,30,31)/b22-13+. The number of anilines is 1. The highest BCUT2D eigenvalue weighted by molar-refractivity contribution is 9.10.